The molecule has 0 aliphatic heterocycles. The van der Waals surface area contributed by atoms with Gasteiger partial charge in [0.2, 0.25) is 0 Å². The molecular formula is C18H27NO2. The maximum Gasteiger partial charge on any atom is 0.327 e. The van der Waals surface area contributed by atoms with Gasteiger partial charge in [0.05, 0.1) is 6.61 Å². The Morgan fingerprint density at radius 1 is 1.29 bits per heavy atom. The molecule has 0 saturated heterocycles. The van der Waals surface area contributed by atoms with Crippen LogP contribution in [0.3, 0.4) is 0 Å². The Bertz CT molecular complexity index is 450. The molecule has 1 aromatic carbocycles. The molecule has 1 atom stereocenters. The van der Waals surface area contributed by atoms with E-state index in [1.54, 1.807) is 0 Å². The molecule has 21 heavy (non-hydrogen) atoms. The second kappa shape index (κ2) is 8.18. The summed E-state index contributed by atoms with van der Waals surface area (Å²) in [5.41, 5.74) is 2.18. The predicted octanol–water partition coefficient (Wildman–Crippen LogP) is 3.91. The number of benzene rings is 1. The van der Waals surface area contributed by atoms with Crippen molar-refractivity contribution in [3.8, 4) is 0 Å². The van der Waals surface area contributed by atoms with Crippen molar-refractivity contribution >= 4 is 5.97 Å². The third kappa shape index (κ3) is 4.85. The summed E-state index contributed by atoms with van der Waals surface area (Å²) in [6.45, 7) is 4.34. The molecule has 3 heteroatoms. The maximum absolute atomic E-state index is 12.3. The van der Waals surface area contributed by atoms with E-state index in [0.717, 1.165) is 18.4 Å². The van der Waals surface area contributed by atoms with Crippen LogP contribution in [0.4, 0.5) is 0 Å². The van der Waals surface area contributed by atoms with E-state index in [1.807, 2.05) is 19.1 Å². The standard InChI is InChI=1S/C18H27NO2/c1-3-21-18(20)17(15-10-8-9-14(2)13-15)19-16-11-6-4-5-7-12-16/h8-10,13,16-17,19H,3-7,11-12H2,1-2H3. The molecule has 1 aromatic rings. The summed E-state index contributed by atoms with van der Waals surface area (Å²) in [7, 11) is 0. The Balaban J connectivity index is 2.13. The Kier molecular flexibility index (Phi) is 6.24. The highest BCUT2D eigenvalue weighted by molar-refractivity contribution is 5.77. The van der Waals surface area contributed by atoms with E-state index in [4.69, 9.17) is 4.74 Å². The fourth-order valence-corrected chi connectivity index (χ4v) is 3.06. The number of hydrogen-bond donors (Lipinski definition) is 1. The minimum atomic E-state index is -0.340. The lowest BCUT2D eigenvalue weighted by molar-refractivity contribution is -0.146. The molecule has 3 nitrogen and oxygen atoms in total. The van der Waals surface area contributed by atoms with Crippen molar-refractivity contribution in [3.05, 3.63) is 35.4 Å². The predicted molar refractivity (Wildman–Crippen MR) is 85.2 cm³/mol. The van der Waals surface area contributed by atoms with Gasteiger partial charge in [0.1, 0.15) is 6.04 Å². The maximum atomic E-state index is 12.3. The lowest BCUT2D eigenvalue weighted by Crippen LogP contribution is -2.37. The van der Waals surface area contributed by atoms with Crippen molar-refractivity contribution in [2.75, 3.05) is 6.61 Å². The molecule has 1 unspecified atom stereocenters. The molecular weight excluding hydrogens is 262 g/mol. The van der Waals surface area contributed by atoms with Crippen LogP contribution in [0, 0.1) is 6.92 Å². The van der Waals surface area contributed by atoms with Crippen molar-refractivity contribution in [1.82, 2.24) is 5.32 Å². The Morgan fingerprint density at radius 2 is 2.00 bits per heavy atom. The summed E-state index contributed by atoms with van der Waals surface area (Å²) in [4.78, 5) is 12.3. The number of ether oxygens (including phenoxy) is 1. The van der Waals surface area contributed by atoms with E-state index in [1.165, 1.54) is 31.2 Å². The Hall–Kier alpha value is -1.35. The first-order valence-electron chi connectivity index (χ1n) is 8.20. The summed E-state index contributed by atoms with van der Waals surface area (Å²) in [5.74, 6) is -0.160. The quantitative estimate of drug-likeness (QED) is 0.659. The van der Waals surface area contributed by atoms with Gasteiger partial charge in [-0.3, -0.25) is 5.32 Å². The number of carbonyl (C=O) groups is 1. The van der Waals surface area contributed by atoms with Gasteiger partial charge < -0.3 is 4.74 Å². The number of nitrogens with one attached hydrogen (secondary N) is 1. The summed E-state index contributed by atoms with van der Waals surface area (Å²) >= 11 is 0. The van der Waals surface area contributed by atoms with E-state index < -0.39 is 0 Å². The first-order chi connectivity index (χ1) is 10.2. The molecule has 0 spiro atoms. The monoisotopic (exact) mass is 289 g/mol. The zero-order valence-corrected chi connectivity index (χ0v) is 13.2. The summed E-state index contributed by atoms with van der Waals surface area (Å²) in [6, 6.07) is 8.22. The van der Waals surface area contributed by atoms with Gasteiger partial charge in [-0.05, 0) is 32.3 Å². The molecule has 1 aliphatic carbocycles. The molecule has 1 aliphatic rings. The molecule has 1 fully saturated rings. The van der Waals surface area contributed by atoms with E-state index in [0.29, 0.717) is 12.6 Å². The Labute approximate surface area is 128 Å². The van der Waals surface area contributed by atoms with E-state index in [-0.39, 0.29) is 12.0 Å². The van der Waals surface area contributed by atoms with Crippen molar-refractivity contribution in [3.63, 3.8) is 0 Å². The third-order valence-electron chi connectivity index (χ3n) is 4.16. The fraction of sp³-hybridized carbons (Fsp3) is 0.611. The molecule has 1 saturated carbocycles. The van der Waals surface area contributed by atoms with Gasteiger partial charge in [0.25, 0.3) is 0 Å². The van der Waals surface area contributed by atoms with Crippen LogP contribution < -0.4 is 5.32 Å². The molecule has 2 rings (SSSR count). The van der Waals surface area contributed by atoms with Crippen LogP contribution in [-0.2, 0) is 9.53 Å². The third-order valence-corrected chi connectivity index (χ3v) is 4.16. The average molecular weight is 289 g/mol. The van der Waals surface area contributed by atoms with Gasteiger partial charge in [-0.25, -0.2) is 4.79 Å². The average Bonchev–Trinajstić information content (AvgIpc) is 2.73. The summed E-state index contributed by atoms with van der Waals surface area (Å²) < 4.78 is 5.27. The van der Waals surface area contributed by atoms with Gasteiger partial charge in [0, 0.05) is 6.04 Å². The number of aryl methyl sites for hydroxylation is 1. The molecule has 0 heterocycles. The van der Waals surface area contributed by atoms with Gasteiger partial charge in [-0.1, -0.05) is 55.5 Å². The van der Waals surface area contributed by atoms with E-state index in [9.17, 15) is 4.79 Å². The molecule has 0 bridgehead atoms. The second-order valence-electron chi connectivity index (χ2n) is 5.95. The highest BCUT2D eigenvalue weighted by atomic mass is 16.5. The van der Waals surface area contributed by atoms with Gasteiger partial charge in [-0.2, -0.15) is 0 Å². The highest BCUT2D eigenvalue weighted by Gasteiger charge is 2.25. The van der Waals surface area contributed by atoms with Crippen molar-refractivity contribution in [1.29, 1.82) is 0 Å². The van der Waals surface area contributed by atoms with Crippen LogP contribution in [0.5, 0.6) is 0 Å². The van der Waals surface area contributed by atoms with Crippen LogP contribution in [-0.4, -0.2) is 18.6 Å². The topological polar surface area (TPSA) is 38.3 Å². The smallest absolute Gasteiger partial charge is 0.327 e. The summed E-state index contributed by atoms with van der Waals surface area (Å²) in [5, 5.41) is 3.55. The highest BCUT2D eigenvalue weighted by Crippen LogP contribution is 2.22. The number of carbonyl (C=O) groups excluding carboxylic acids is 1. The number of esters is 1. The lowest BCUT2D eigenvalue weighted by atomic mass is 10.0. The molecule has 0 radical (unpaired) electrons. The zero-order chi connectivity index (χ0) is 15.1. The van der Waals surface area contributed by atoms with Crippen LogP contribution in [0.2, 0.25) is 0 Å². The van der Waals surface area contributed by atoms with E-state index >= 15 is 0 Å². The van der Waals surface area contributed by atoms with Crippen molar-refractivity contribution in [2.24, 2.45) is 0 Å². The second-order valence-corrected chi connectivity index (χ2v) is 5.95. The summed E-state index contributed by atoms with van der Waals surface area (Å²) in [6.07, 6.45) is 7.44. The Morgan fingerprint density at radius 3 is 2.62 bits per heavy atom. The number of rotatable bonds is 5. The number of hydrogen-bond acceptors (Lipinski definition) is 3. The molecule has 116 valence electrons. The van der Waals surface area contributed by atoms with Crippen molar-refractivity contribution in [2.45, 2.75) is 64.5 Å². The molecule has 1 N–H and O–H groups in total. The largest absolute Gasteiger partial charge is 0.465 e. The fourth-order valence-electron chi connectivity index (χ4n) is 3.06. The van der Waals surface area contributed by atoms with Gasteiger partial charge in [-0.15, -0.1) is 0 Å². The zero-order valence-electron chi connectivity index (χ0n) is 13.2. The van der Waals surface area contributed by atoms with Gasteiger partial charge >= 0.3 is 5.97 Å². The van der Waals surface area contributed by atoms with Gasteiger partial charge in [0.15, 0.2) is 0 Å². The molecule has 0 amide bonds. The normalized spacial score (nSPS) is 18.0. The van der Waals surface area contributed by atoms with Crippen LogP contribution in [0.1, 0.15) is 62.6 Å². The first kappa shape index (κ1) is 16.0. The van der Waals surface area contributed by atoms with Crippen LogP contribution in [0.15, 0.2) is 24.3 Å². The van der Waals surface area contributed by atoms with Crippen LogP contribution in [0.25, 0.3) is 0 Å². The minimum Gasteiger partial charge on any atom is -0.465 e. The van der Waals surface area contributed by atoms with Crippen LogP contribution >= 0.6 is 0 Å². The first-order valence-corrected chi connectivity index (χ1v) is 8.20. The lowest BCUT2D eigenvalue weighted by Gasteiger charge is -2.24. The van der Waals surface area contributed by atoms with Crippen molar-refractivity contribution < 1.29 is 9.53 Å². The minimum absolute atomic E-state index is 0.160. The SMILES string of the molecule is CCOC(=O)C(NC1CCCCCC1)c1cccc(C)c1. The van der Waals surface area contributed by atoms with E-state index in [2.05, 4.69) is 24.4 Å². The molecule has 0 aromatic heterocycles.